The SMILES string of the molecule is Cc1ccc2sc(-c3ccc(N=Nc4ccccc4O)cc3)nc2c1S(=O)(=O)O. The summed E-state index contributed by atoms with van der Waals surface area (Å²) in [5.74, 6) is 0.0484. The highest BCUT2D eigenvalue weighted by molar-refractivity contribution is 7.86. The third kappa shape index (κ3) is 3.88. The fraction of sp³-hybridized carbons (Fsp3) is 0.0500. The molecule has 1 aromatic heterocycles. The van der Waals surface area contributed by atoms with E-state index in [0.29, 0.717) is 26.6 Å². The zero-order valence-electron chi connectivity index (χ0n) is 15.1. The summed E-state index contributed by atoms with van der Waals surface area (Å²) < 4.78 is 33.7. The standard InChI is InChI=1S/C20H15N3O4S2/c1-12-6-11-17-18(19(12)29(25,26)27)21-20(28-17)13-7-9-14(10-8-13)22-23-15-4-2-3-5-16(15)24/h2-11,24H,1H3,(H,25,26,27). The molecule has 0 fully saturated rings. The Morgan fingerprint density at radius 2 is 1.69 bits per heavy atom. The predicted octanol–water partition coefficient (Wildman–Crippen LogP) is 5.64. The van der Waals surface area contributed by atoms with Crippen molar-refractivity contribution in [2.24, 2.45) is 10.2 Å². The second-order valence-corrected chi connectivity index (χ2v) is 8.68. The zero-order chi connectivity index (χ0) is 20.6. The van der Waals surface area contributed by atoms with Gasteiger partial charge in [-0.15, -0.1) is 16.5 Å². The normalized spacial score (nSPS) is 12.1. The Labute approximate surface area is 170 Å². The maximum Gasteiger partial charge on any atom is 0.296 e. The van der Waals surface area contributed by atoms with E-state index in [1.807, 2.05) is 0 Å². The summed E-state index contributed by atoms with van der Waals surface area (Å²) in [7, 11) is -4.38. The maximum atomic E-state index is 11.8. The number of phenols is 1. The quantitative estimate of drug-likeness (QED) is 0.325. The number of fused-ring (bicyclic) bond motifs is 1. The Balaban J connectivity index is 1.68. The number of rotatable bonds is 4. The Morgan fingerprint density at radius 1 is 0.966 bits per heavy atom. The number of thiazole rings is 1. The highest BCUT2D eigenvalue weighted by atomic mass is 32.2. The highest BCUT2D eigenvalue weighted by Crippen LogP contribution is 2.35. The van der Waals surface area contributed by atoms with Crippen molar-refractivity contribution in [2.75, 3.05) is 0 Å². The Kier molecular flexibility index (Phi) is 4.87. The van der Waals surface area contributed by atoms with Gasteiger partial charge in [-0.1, -0.05) is 18.2 Å². The number of hydrogen-bond acceptors (Lipinski definition) is 7. The van der Waals surface area contributed by atoms with Gasteiger partial charge in [0.15, 0.2) is 0 Å². The van der Waals surface area contributed by atoms with E-state index in [9.17, 15) is 18.1 Å². The van der Waals surface area contributed by atoms with Gasteiger partial charge in [0.1, 0.15) is 26.9 Å². The third-order valence-electron chi connectivity index (χ3n) is 4.24. The minimum absolute atomic E-state index is 0.0484. The van der Waals surface area contributed by atoms with Gasteiger partial charge in [0, 0.05) is 5.56 Å². The molecule has 0 aliphatic rings. The predicted molar refractivity (Wildman–Crippen MR) is 112 cm³/mol. The summed E-state index contributed by atoms with van der Waals surface area (Å²) in [6.07, 6.45) is 0. The van der Waals surface area contributed by atoms with Crippen LogP contribution in [0.5, 0.6) is 5.75 Å². The molecule has 29 heavy (non-hydrogen) atoms. The van der Waals surface area contributed by atoms with Crippen molar-refractivity contribution in [3.8, 4) is 16.3 Å². The molecule has 0 saturated carbocycles. The van der Waals surface area contributed by atoms with Gasteiger partial charge in [-0.3, -0.25) is 4.55 Å². The second kappa shape index (κ2) is 7.36. The van der Waals surface area contributed by atoms with Crippen LogP contribution in [0.15, 0.2) is 75.8 Å². The average Bonchev–Trinajstić information content (AvgIpc) is 3.10. The third-order valence-corrected chi connectivity index (χ3v) is 6.34. The van der Waals surface area contributed by atoms with E-state index in [-0.39, 0.29) is 16.2 Å². The molecule has 0 radical (unpaired) electrons. The van der Waals surface area contributed by atoms with Crippen LogP contribution in [0, 0.1) is 6.92 Å². The van der Waals surface area contributed by atoms with Crippen LogP contribution in [0.2, 0.25) is 0 Å². The van der Waals surface area contributed by atoms with Gasteiger partial charge in [-0.05, 0) is 55.0 Å². The number of aromatic nitrogens is 1. The van der Waals surface area contributed by atoms with E-state index in [4.69, 9.17) is 0 Å². The van der Waals surface area contributed by atoms with Crippen LogP contribution < -0.4 is 0 Å². The molecule has 0 saturated heterocycles. The van der Waals surface area contributed by atoms with Crippen LogP contribution in [0.3, 0.4) is 0 Å². The van der Waals surface area contributed by atoms with Crippen LogP contribution in [0.1, 0.15) is 5.56 Å². The first kappa shape index (κ1) is 19.2. The molecule has 146 valence electrons. The van der Waals surface area contributed by atoms with Gasteiger partial charge in [0.25, 0.3) is 10.1 Å². The van der Waals surface area contributed by atoms with Gasteiger partial charge >= 0.3 is 0 Å². The van der Waals surface area contributed by atoms with Crippen LogP contribution in [0.25, 0.3) is 20.8 Å². The van der Waals surface area contributed by atoms with E-state index in [1.54, 1.807) is 61.5 Å². The van der Waals surface area contributed by atoms with Gasteiger partial charge in [-0.25, -0.2) is 4.98 Å². The van der Waals surface area contributed by atoms with E-state index in [0.717, 1.165) is 5.56 Å². The first-order chi connectivity index (χ1) is 13.8. The second-order valence-electron chi connectivity index (χ2n) is 6.29. The fourth-order valence-electron chi connectivity index (χ4n) is 2.85. The Hall–Kier alpha value is -3.14. The summed E-state index contributed by atoms with van der Waals surface area (Å²) in [6.45, 7) is 1.62. The molecule has 0 unspecified atom stereocenters. The fourth-order valence-corrected chi connectivity index (χ4v) is 4.77. The van der Waals surface area contributed by atoms with Crippen molar-refractivity contribution < 1.29 is 18.1 Å². The van der Waals surface area contributed by atoms with E-state index < -0.39 is 10.1 Å². The Bertz CT molecular complexity index is 1340. The lowest BCUT2D eigenvalue weighted by Crippen LogP contribution is -2.01. The summed E-state index contributed by atoms with van der Waals surface area (Å²) in [5, 5.41) is 18.5. The molecule has 1 heterocycles. The molecule has 0 aliphatic carbocycles. The lowest BCUT2D eigenvalue weighted by Gasteiger charge is -2.02. The van der Waals surface area contributed by atoms with Crippen molar-refractivity contribution in [3.63, 3.8) is 0 Å². The number of hydrogen-bond donors (Lipinski definition) is 2. The molecule has 9 heteroatoms. The zero-order valence-corrected chi connectivity index (χ0v) is 16.8. The monoisotopic (exact) mass is 425 g/mol. The lowest BCUT2D eigenvalue weighted by atomic mass is 10.2. The molecule has 0 atom stereocenters. The van der Waals surface area contributed by atoms with Crippen molar-refractivity contribution in [1.29, 1.82) is 0 Å². The molecule has 3 aromatic carbocycles. The van der Waals surface area contributed by atoms with E-state index in [2.05, 4.69) is 15.2 Å². The summed E-state index contributed by atoms with van der Waals surface area (Å²) in [6, 6.07) is 17.2. The minimum Gasteiger partial charge on any atom is -0.506 e. The number of aromatic hydroxyl groups is 1. The van der Waals surface area contributed by atoms with Crippen molar-refractivity contribution in [3.05, 3.63) is 66.2 Å². The summed E-state index contributed by atoms with van der Waals surface area (Å²) in [4.78, 5) is 4.28. The molecular formula is C20H15N3O4S2. The maximum absolute atomic E-state index is 11.8. The number of para-hydroxylation sites is 1. The van der Waals surface area contributed by atoms with E-state index in [1.165, 1.54) is 17.4 Å². The van der Waals surface area contributed by atoms with Gasteiger partial charge in [0.2, 0.25) is 0 Å². The summed E-state index contributed by atoms with van der Waals surface area (Å²) >= 11 is 1.33. The molecule has 7 nitrogen and oxygen atoms in total. The molecule has 2 N–H and O–H groups in total. The first-order valence-electron chi connectivity index (χ1n) is 8.51. The van der Waals surface area contributed by atoms with Crippen molar-refractivity contribution >= 4 is 43.0 Å². The largest absolute Gasteiger partial charge is 0.506 e. The van der Waals surface area contributed by atoms with Gasteiger partial charge in [-0.2, -0.15) is 13.5 Å². The van der Waals surface area contributed by atoms with Gasteiger partial charge < -0.3 is 5.11 Å². The number of aryl methyl sites for hydroxylation is 1. The van der Waals surface area contributed by atoms with Crippen molar-refractivity contribution in [2.45, 2.75) is 11.8 Å². The minimum atomic E-state index is -4.38. The summed E-state index contributed by atoms with van der Waals surface area (Å²) in [5.41, 5.74) is 2.45. The van der Waals surface area contributed by atoms with E-state index >= 15 is 0 Å². The molecule has 0 amide bonds. The number of benzene rings is 3. The molecule has 0 aliphatic heterocycles. The molecule has 0 bridgehead atoms. The topological polar surface area (TPSA) is 112 Å². The van der Waals surface area contributed by atoms with Crippen LogP contribution >= 0.6 is 11.3 Å². The Morgan fingerprint density at radius 3 is 2.38 bits per heavy atom. The lowest BCUT2D eigenvalue weighted by molar-refractivity contribution is 0.476. The molecule has 4 rings (SSSR count). The number of azo groups is 1. The molecule has 0 spiro atoms. The number of nitrogens with zero attached hydrogens (tertiary/aromatic N) is 3. The molecular weight excluding hydrogens is 410 g/mol. The van der Waals surface area contributed by atoms with Gasteiger partial charge in [0.05, 0.1) is 10.4 Å². The van der Waals surface area contributed by atoms with Crippen LogP contribution in [0.4, 0.5) is 11.4 Å². The van der Waals surface area contributed by atoms with Crippen molar-refractivity contribution in [1.82, 2.24) is 4.98 Å². The van der Waals surface area contributed by atoms with Crippen LogP contribution in [-0.4, -0.2) is 23.1 Å². The first-order valence-corrected chi connectivity index (χ1v) is 10.8. The molecule has 4 aromatic rings. The number of phenolic OH excluding ortho intramolecular Hbond substituents is 1. The average molecular weight is 425 g/mol. The highest BCUT2D eigenvalue weighted by Gasteiger charge is 2.20. The smallest absolute Gasteiger partial charge is 0.296 e. The van der Waals surface area contributed by atoms with Crippen LogP contribution in [-0.2, 0) is 10.1 Å².